The predicted molar refractivity (Wildman–Crippen MR) is 564 cm³/mol. The number of anilines is 12. The van der Waals surface area contributed by atoms with Crippen molar-refractivity contribution in [1.82, 2.24) is 19.9 Å². The summed E-state index contributed by atoms with van der Waals surface area (Å²) < 4.78 is 0. The maximum Gasteiger partial charge on any atom is 0.0716 e. The Morgan fingerprint density at radius 2 is 0.429 bits per heavy atom. The van der Waals surface area contributed by atoms with E-state index in [4.69, 9.17) is 9.97 Å². The summed E-state index contributed by atoms with van der Waals surface area (Å²) in [6, 6.07) is 114. The standard InChI is InChI=1S/4C33H22N2/c1-3-7-25-19(5-1)11-21-13-22-14-29-26(28(22)16-27(21)25)9-10-32-30(29)15-24-18-34-17-23-12-20-6-2-4-8-31(20)35(32)33(23)24;1-3-7-24-19(5-1)13-22-15-23-16-28-25(27(23)17-26(22)24)9-10-32-29(28)18-30-33-21(11-12-34-30)14-20-6-2-4-8-31(20)35(32)33;1-3-7-24-19(5-1)13-21-9-10-26-25-11-12-31-28(27(25)16-29(26)32(21)24)15-23-18-34-17-22-14-20-6-2-4-8-30(20)35(31)33(22)23;1-3-7-23-19(5-1)15-21-9-10-25-24-11-12-31-27(26(24)18-28(25)32(21)23)16-22-13-14-34-29-17-20-6-2-4-8-30(20)35(31)33(22)29/h1-10,13,16-18H,11-12,14-15H2;1-12,15,17H,13-14,16,18H2;1-12,17-18H,13-16H2;1-14H,15-18H2. The average Bonchev–Trinajstić information content (AvgIpc) is 1.46. The highest BCUT2D eigenvalue weighted by molar-refractivity contribution is 6.02. The summed E-state index contributed by atoms with van der Waals surface area (Å²) in [6.07, 6.45) is 28.3. The van der Waals surface area contributed by atoms with Crippen LogP contribution in [0.15, 0.2) is 340 Å². The lowest BCUT2D eigenvalue weighted by Gasteiger charge is -2.39. The van der Waals surface area contributed by atoms with Crippen LogP contribution < -0.4 is 19.6 Å². The third-order valence-electron chi connectivity index (χ3n) is 34.4. The van der Waals surface area contributed by atoms with E-state index in [1.54, 1.807) is 0 Å². The second-order valence-electron chi connectivity index (χ2n) is 41.4. The largest absolute Gasteiger partial charge is 0.309 e. The molecule has 12 heterocycles. The molecule has 36 rings (SSSR count). The Kier molecular flexibility index (Phi) is 15.6. The Labute approximate surface area is 812 Å². The smallest absolute Gasteiger partial charge is 0.0716 e. The molecule has 140 heavy (non-hydrogen) atoms. The minimum Gasteiger partial charge on any atom is -0.309 e. The molecule has 0 saturated carbocycles. The lowest BCUT2D eigenvalue weighted by Crippen LogP contribution is -2.26. The van der Waals surface area contributed by atoms with Gasteiger partial charge in [0.2, 0.25) is 0 Å². The molecule has 0 fully saturated rings. The van der Waals surface area contributed by atoms with Crippen LogP contribution in [0.5, 0.6) is 0 Å². The molecule has 0 unspecified atom stereocenters. The van der Waals surface area contributed by atoms with Gasteiger partial charge in [0, 0.05) is 111 Å². The highest BCUT2D eigenvalue weighted by Gasteiger charge is 2.44. The molecule has 0 saturated heterocycles. The molecule has 656 valence electrons. The van der Waals surface area contributed by atoms with Crippen LogP contribution >= 0.6 is 0 Å². The molecule has 20 aromatic rings. The zero-order valence-electron chi connectivity index (χ0n) is 77.2. The van der Waals surface area contributed by atoms with Crippen molar-refractivity contribution in [3.63, 3.8) is 0 Å². The first-order valence-corrected chi connectivity index (χ1v) is 50.3. The SMILES string of the molecule is c1ccc2c(c1)Cc1cc3c(cc1-2)-c1ccc2c(c1C3)Cc1cncc3c1N2c1ccccc1C3.c1ccc2c(c1)Cc1cc3c(cc1-2)-c1ccc2c(c1C3)Cc1nccc3c1N2c1ccccc1C3.c1ccc2c(c1)Cc1ccc3c(c1-2)Cc1c-3ccc2c1Cc1ccnc3c1N2c1ccccc1C3.c1ccc2c(c1)Cc1ccc3c(c1-2)Cc1c-3ccc2c1Cc1cncc3c1N2c1ccccc1C3. The fourth-order valence-electron chi connectivity index (χ4n) is 28.5. The van der Waals surface area contributed by atoms with E-state index in [1.165, 1.54) is 336 Å². The summed E-state index contributed by atoms with van der Waals surface area (Å²) >= 11 is 0. The molecule has 8 heteroatoms. The topological polar surface area (TPSA) is 64.5 Å². The summed E-state index contributed by atoms with van der Waals surface area (Å²) in [5.74, 6) is 0. The second-order valence-corrected chi connectivity index (χ2v) is 41.4. The van der Waals surface area contributed by atoms with Gasteiger partial charge in [-0.3, -0.25) is 19.9 Å². The maximum absolute atomic E-state index is 4.89. The number of fused-ring (bicyclic) bond motifs is 46. The average molecular weight is 1790 g/mol. The van der Waals surface area contributed by atoms with Crippen molar-refractivity contribution in [3.8, 4) is 89.0 Å². The Hall–Kier alpha value is -16.7. The van der Waals surface area contributed by atoms with Crippen LogP contribution in [0, 0.1) is 0 Å². The van der Waals surface area contributed by atoms with E-state index in [1.807, 2.05) is 12.4 Å². The van der Waals surface area contributed by atoms with Crippen molar-refractivity contribution >= 4 is 68.2 Å². The monoisotopic (exact) mass is 1780 g/mol. The molecule has 8 aliphatic carbocycles. The molecule has 8 nitrogen and oxygen atoms in total. The van der Waals surface area contributed by atoms with E-state index >= 15 is 0 Å². The number of benzene rings is 16. The Bertz CT molecular complexity index is 8590. The minimum atomic E-state index is 0.910. The van der Waals surface area contributed by atoms with Crippen LogP contribution in [-0.4, -0.2) is 19.9 Å². The molecule has 0 bridgehead atoms. The van der Waals surface area contributed by atoms with Crippen molar-refractivity contribution in [2.24, 2.45) is 0 Å². The van der Waals surface area contributed by atoms with E-state index in [0.29, 0.717) is 0 Å². The zero-order valence-corrected chi connectivity index (χ0v) is 77.2. The number of hydrogen-bond acceptors (Lipinski definition) is 8. The van der Waals surface area contributed by atoms with E-state index in [2.05, 4.69) is 358 Å². The number of aromatic nitrogens is 4. The quantitative estimate of drug-likeness (QED) is 0.149. The lowest BCUT2D eigenvalue weighted by molar-refractivity contribution is 0.949. The van der Waals surface area contributed by atoms with Crippen molar-refractivity contribution in [1.29, 1.82) is 0 Å². The predicted octanol–water partition coefficient (Wildman–Crippen LogP) is 30.0. The third-order valence-corrected chi connectivity index (χ3v) is 34.4. The first kappa shape index (κ1) is 76.5. The molecule has 0 N–H and O–H groups in total. The fourth-order valence-corrected chi connectivity index (χ4v) is 28.5. The molecule has 0 amide bonds. The summed E-state index contributed by atoms with van der Waals surface area (Å²) in [5, 5.41) is 0. The van der Waals surface area contributed by atoms with Gasteiger partial charge in [0.15, 0.2) is 0 Å². The van der Waals surface area contributed by atoms with Gasteiger partial charge in [-0.05, 0) is 380 Å². The zero-order chi connectivity index (χ0) is 90.7. The highest BCUT2D eigenvalue weighted by Crippen LogP contribution is 2.62. The molecule has 0 spiro atoms. The van der Waals surface area contributed by atoms with E-state index in [0.717, 1.165) is 103 Å². The summed E-state index contributed by atoms with van der Waals surface area (Å²) in [6.45, 7) is 0. The Balaban J connectivity index is 0.0000000829. The lowest BCUT2D eigenvalue weighted by atomic mass is 9.85. The van der Waals surface area contributed by atoms with Gasteiger partial charge in [0.25, 0.3) is 0 Å². The van der Waals surface area contributed by atoms with E-state index in [9.17, 15) is 0 Å². The van der Waals surface area contributed by atoms with Crippen molar-refractivity contribution in [2.45, 2.75) is 103 Å². The van der Waals surface area contributed by atoms with Gasteiger partial charge in [-0.15, -0.1) is 0 Å². The van der Waals surface area contributed by atoms with Gasteiger partial charge in [-0.2, -0.15) is 0 Å². The fraction of sp³-hybridized carbons (Fsp3) is 0.121. The van der Waals surface area contributed by atoms with Crippen LogP contribution in [0.3, 0.4) is 0 Å². The van der Waals surface area contributed by atoms with Gasteiger partial charge in [0.1, 0.15) is 0 Å². The summed E-state index contributed by atoms with van der Waals surface area (Å²) in [4.78, 5) is 29.0. The Morgan fingerprint density at radius 3 is 0.864 bits per heavy atom. The van der Waals surface area contributed by atoms with Crippen LogP contribution in [0.4, 0.5) is 68.2 Å². The van der Waals surface area contributed by atoms with Gasteiger partial charge in [0.05, 0.1) is 56.9 Å². The van der Waals surface area contributed by atoms with Gasteiger partial charge in [-0.25, -0.2) is 0 Å². The molecule has 16 aliphatic rings. The molecule has 0 radical (unpaired) electrons. The molecule has 4 aromatic heterocycles. The van der Waals surface area contributed by atoms with E-state index in [-0.39, 0.29) is 0 Å². The van der Waals surface area contributed by atoms with E-state index < -0.39 is 0 Å². The van der Waals surface area contributed by atoms with Gasteiger partial charge < -0.3 is 19.6 Å². The molecule has 8 aliphatic heterocycles. The molecular weight excluding hydrogens is 1700 g/mol. The van der Waals surface area contributed by atoms with Crippen molar-refractivity contribution in [3.05, 3.63) is 519 Å². The first-order chi connectivity index (χ1) is 69.4. The summed E-state index contributed by atoms with van der Waals surface area (Å²) in [5.41, 5.74) is 84.6. The highest BCUT2D eigenvalue weighted by atomic mass is 15.2. The third kappa shape index (κ3) is 10.7. The Morgan fingerprint density at radius 1 is 0.150 bits per heavy atom. The normalized spacial score (nSPS) is 14.9. The van der Waals surface area contributed by atoms with Crippen LogP contribution in [0.25, 0.3) is 89.0 Å². The number of rotatable bonds is 0. The van der Waals surface area contributed by atoms with Gasteiger partial charge in [-0.1, -0.05) is 231 Å². The maximum atomic E-state index is 4.89. The van der Waals surface area contributed by atoms with Crippen molar-refractivity contribution < 1.29 is 0 Å². The molecular formula is C132H88N8. The second kappa shape index (κ2) is 28.5. The van der Waals surface area contributed by atoms with Crippen LogP contribution in [0.1, 0.15) is 178 Å². The number of pyridine rings is 4. The van der Waals surface area contributed by atoms with Crippen molar-refractivity contribution in [2.75, 3.05) is 19.6 Å². The van der Waals surface area contributed by atoms with Gasteiger partial charge >= 0.3 is 0 Å². The van der Waals surface area contributed by atoms with Crippen LogP contribution in [-0.2, 0) is 103 Å². The number of hydrogen-bond donors (Lipinski definition) is 0. The number of para-hydroxylation sites is 4. The summed E-state index contributed by atoms with van der Waals surface area (Å²) in [7, 11) is 0. The minimum absolute atomic E-state index is 0.910. The van der Waals surface area contributed by atoms with Crippen LogP contribution in [0.2, 0.25) is 0 Å². The number of nitrogens with zero attached hydrogens (tertiary/aromatic N) is 8. The first-order valence-electron chi connectivity index (χ1n) is 50.3. The molecule has 0 atom stereocenters. The molecule has 16 aromatic carbocycles.